The van der Waals surface area contributed by atoms with Crippen LogP contribution in [0.3, 0.4) is 0 Å². The fourth-order valence-electron chi connectivity index (χ4n) is 8.93. The van der Waals surface area contributed by atoms with Crippen LogP contribution >= 0.6 is 0 Å². The third-order valence-electron chi connectivity index (χ3n) is 12.2. The highest BCUT2D eigenvalue weighted by Gasteiger charge is 2.58. The lowest BCUT2D eigenvalue weighted by molar-refractivity contribution is -0.301. The van der Waals surface area contributed by atoms with Gasteiger partial charge in [0.2, 0.25) is 0 Å². The predicted molar refractivity (Wildman–Crippen MR) is 202 cm³/mol. The van der Waals surface area contributed by atoms with Crippen LogP contribution in [0.5, 0.6) is 0 Å². The summed E-state index contributed by atoms with van der Waals surface area (Å²) in [4.78, 5) is 67.4. The third-order valence-corrected chi connectivity index (χ3v) is 12.2. The molecule has 4 saturated heterocycles. The van der Waals surface area contributed by atoms with Crippen LogP contribution < -0.4 is 0 Å². The molecule has 4 heterocycles. The second-order valence-electron chi connectivity index (χ2n) is 17.1. The zero-order chi connectivity index (χ0) is 42.7. The molecule has 0 aromatic rings. The lowest BCUT2D eigenvalue weighted by atomic mass is 9.76. The predicted octanol–water partition coefficient (Wildman–Crippen LogP) is 3.62. The maximum atomic E-state index is 14.4. The van der Waals surface area contributed by atoms with Crippen LogP contribution in [-0.2, 0) is 71.3 Å². The molecule has 0 amide bonds. The van der Waals surface area contributed by atoms with Gasteiger partial charge in [-0.3, -0.25) is 24.0 Å². The van der Waals surface area contributed by atoms with Gasteiger partial charge in [-0.05, 0) is 60.5 Å². The minimum Gasteiger partial charge on any atom is -0.462 e. The number of carbonyl (C=O) groups is 5. The van der Waals surface area contributed by atoms with Crippen molar-refractivity contribution >= 4 is 29.7 Å². The van der Waals surface area contributed by atoms with Crippen LogP contribution in [0.4, 0.5) is 0 Å². The molecule has 4 aliphatic rings. The number of likely N-dealkylation sites (N-methyl/N-ethyl adjacent to an activating group) is 1. The van der Waals surface area contributed by atoms with Gasteiger partial charge in [-0.25, -0.2) is 0 Å². The number of methoxy groups -OCH3 is 1. The fourth-order valence-corrected chi connectivity index (χ4v) is 8.93. The molecular formula is C41H67NO15. The molecule has 16 nitrogen and oxygen atoms in total. The van der Waals surface area contributed by atoms with Gasteiger partial charge in [0.05, 0.1) is 48.9 Å². The minimum atomic E-state index is -1.19. The average molecular weight is 814 g/mol. The zero-order valence-corrected chi connectivity index (χ0v) is 36.2. The van der Waals surface area contributed by atoms with Crippen LogP contribution in [-0.4, -0.2) is 142 Å². The summed E-state index contributed by atoms with van der Waals surface area (Å²) in [6, 6.07) is -0.247. The summed E-state index contributed by atoms with van der Waals surface area (Å²) in [5.41, 5.74) is -1.19. The van der Waals surface area contributed by atoms with E-state index in [1.54, 1.807) is 34.6 Å². The quantitative estimate of drug-likeness (QED) is 0.187. The van der Waals surface area contributed by atoms with Crippen LogP contribution in [0.1, 0.15) is 95.4 Å². The van der Waals surface area contributed by atoms with E-state index in [0.717, 1.165) is 0 Å². The largest absolute Gasteiger partial charge is 0.462 e. The monoisotopic (exact) mass is 813 g/mol. The van der Waals surface area contributed by atoms with Gasteiger partial charge in [-0.2, -0.15) is 0 Å². The topological polar surface area (TPSA) is 184 Å². The van der Waals surface area contributed by atoms with Crippen LogP contribution in [0.15, 0.2) is 0 Å². The fraction of sp³-hybridized carbons (Fsp3) is 0.878. The maximum absolute atomic E-state index is 14.4. The van der Waals surface area contributed by atoms with Crippen LogP contribution in [0, 0.1) is 29.6 Å². The van der Waals surface area contributed by atoms with E-state index in [1.807, 2.05) is 39.8 Å². The number of esters is 4. The summed E-state index contributed by atoms with van der Waals surface area (Å²) < 4.78 is 61.5. The number of ketones is 1. The Kier molecular flexibility index (Phi) is 16.1. The van der Waals surface area contributed by atoms with E-state index in [1.165, 1.54) is 27.9 Å². The molecule has 0 N–H and O–H groups in total. The molecule has 0 aromatic carbocycles. The van der Waals surface area contributed by atoms with E-state index < -0.39 is 120 Å². The maximum Gasteiger partial charge on any atom is 0.311 e. The van der Waals surface area contributed by atoms with Gasteiger partial charge in [0, 0.05) is 46.1 Å². The van der Waals surface area contributed by atoms with Crippen LogP contribution in [0.2, 0.25) is 0 Å². The van der Waals surface area contributed by atoms with Gasteiger partial charge in [-0.1, -0.05) is 27.7 Å². The second kappa shape index (κ2) is 19.6. The number of ether oxygens (including phenoxy) is 10. The summed E-state index contributed by atoms with van der Waals surface area (Å²) in [7, 11) is 5.31. The number of hydrogen-bond donors (Lipinski definition) is 0. The van der Waals surface area contributed by atoms with Crippen molar-refractivity contribution in [3.05, 3.63) is 0 Å². The molecule has 0 aromatic heterocycles. The first-order valence-electron chi connectivity index (χ1n) is 20.3. The Labute approximate surface area is 337 Å². The van der Waals surface area contributed by atoms with E-state index in [-0.39, 0.29) is 37.4 Å². The highest BCUT2D eigenvalue weighted by Crippen LogP contribution is 2.44. The molecule has 4 fully saturated rings. The molecule has 326 valence electrons. The molecule has 57 heavy (non-hydrogen) atoms. The Morgan fingerprint density at radius 2 is 1.28 bits per heavy atom. The van der Waals surface area contributed by atoms with Crippen molar-refractivity contribution in [2.24, 2.45) is 29.6 Å². The van der Waals surface area contributed by atoms with E-state index in [2.05, 4.69) is 0 Å². The van der Waals surface area contributed by atoms with Crippen molar-refractivity contribution in [2.75, 3.05) is 27.8 Å². The van der Waals surface area contributed by atoms with Gasteiger partial charge in [-0.15, -0.1) is 0 Å². The number of hydrogen-bond acceptors (Lipinski definition) is 16. The number of epoxide rings is 1. The summed E-state index contributed by atoms with van der Waals surface area (Å²) in [5, 5.41) is 0. The van der Waals surface area contributed by atoms with E-state index in [4.69, 9.17) is 47.4 Å². The van der Waals surface area contributed by atoms with Gasteiger partial charge in [0.25, 0.3) is 0 Å². The first-order valence-corrected chi connectivity index (χ1v) is 20.3. The van der Waals surface area contributed by atoms with Crippen molar-refractivity contribution in [3.8, 4) is 0 Å². The van der Waals surface area contributed by atoms with Gasteiger partial charge < -0.3 is 52.3 Å². The number of cyclic esters (lactones) is 1. The smallest absolute Gasteiger partial charge is 0.311 e. The Balaban J connectivity index is 1.82. The van der Waals surface area contributed by atoms with Gasteiger partial charge in [0.15, 0.2) is 36.2 Å². The molecule has 8 unspecified atom stereocenters. The van der Waals surface area contributed by atoms with E-state index >= 15 is 0 Å². The summed E-state index contributed by atoms with van der Waals surface area (Å²) in [6.45, 7) is 18.5. The minimum absolute atomic E-state index is 0.162. The second-order valence-corrected chi connectivity index (χ2v) is 17.1. The average Bonchev–Trinajstić information content (AvgIpc) is 3.91. The molecular weight excluding hydrogens is 746 g/mol. The number of nitrogens with zero attached hydrogens (tertiary/aromatic N) is 1. The van der Waals surface area contributed by atoms with E-state index in [0.29, 0.717) is 6.42 Å². The highest BCUT2D eigenvalue weighted by molar-refractivity contribution is 5.92. The summed E-state index contributed by atoms with van der Waals surface area (Å²) in [6.07, 6.45) is -7.35. The number of carbonyl (C=O) groups excluding carboxylic acids is 5. The Morgan fingerprint density at radius 1 is 0.702 bits per heavy atom. The van der Waals surface area contributed by atoms with Crippen molar-refractivity contribution in [2.45, 2.75) is 175 Å². The molecule has 4 rings (SSSR count). The zero-order valence-electron chi connectivity index (χ0n) is 36.2. The third kappa shape index (κ3) is 11.3. The summed E-state index contributed by atoms with van der Waals surface area (Å²) >= 11 is 0. The summed E-state index contributed by atoms with van der Waals surface area (Å²) in [5.74, 6) is -5.69. The molecule has 1 spiro atoms. The highest BCUT2D eigenvalue weighted by atomic mass is 16.7. The van der Waals surface area contributed by atoms with E-state index in [9.17, 15) is 24.0 Å². The molecule has 18 atom stereocenters. The Morgan fingerprint density at radius 3 is 1.82 bits per heavy atom. The molecule has 0 radical (unpaired) electrons. The van der Waals surface area contributed by atoms with Crippen molar-refractivity contribution < 1.29 is 71.3 Å². The molecule has 0 saturated carbocycles. The lowest BCUT2D eigenvalue weighted by Crippen LogP contribution is -2.58. The number of Topliss-reactive ketones (excluding diaryl/α,β-unsaturated/α-hetero) is 1. The Bertz CT molecular complexity index is 1420. The molecule has 0 bridgehead atoms. The van der Waals surface area contributed by atoms with Crippen molar-refractivity contribution in [1.29, 1.82) is 0 Å². The Hall–Kier alpha value is -2.73. The first kappa shape index (κ1) is 47.0. The normalized spacial score (nSPS) is 43.5. The lowest BCUT2D eigenvalue weighted by Gasteiger charge is -2.46. The van der Waals surface area contributed by atoms with Crippen molar-refractivity contribution in [3.63, 3.8) is 0 Å². The molecule has 4 aliphatic heterocycles. The molecule has 0 aliphatic carbocycles. The molecule has 16 heteroatoms. The SMILES string of the molecule is COC1CC(O[C@H]2[C@H](C)[C@@H](OC3OC(C)CC(N(C)C)C3OC(C)=O)[C@@H](C)C[C@@]3(CO3)C(=O)[C@H](C)[C@@H](OC(C)=O)[C@@H](C)[C@@H](C)OC(=O)[C@@H]2C)OC(C)C1OC(C)=O. The first-order chi connectivity index (χ1) is 26.6. The number of rotatable bonds is 9. The standard InChI is InChI=1S/C41H67NO15/c1-19-17-41(18-49-41)38(46)23(5)34(53-27(9)43)21(3)25(7)52-39(47)24(6)35(56-32-16-31(48-14)36(26(8)51-32)54-28(10)44)22(4)33(19)57-40-37(55-29(11)45)30(42(12)13)15-20(2)50-40/h19-26,30-37,40H,15-18H2,1-14H3/t19-,20?,21-,22+,23+,24+,25+,26?,30?,31?,32?,33-,34-,35-,36?,37?,40?,41+/m0/s1. The van der Waals surface area contributed by atoms with Gasteiger partial charge >= 0.3 is 23.9 Å². The van der Waals surface area contributed by atoms with Crippen molar-refractivity contribution in [1.82, 2.24) is 4.90 Å². The van der Waals surface area contributed by atoms with Gasteiger partial charge in [0.1, 0.15) is 18.3 Å². The van der Waals surface area contributed by atoms with Crippen LogP contribution in [0.25, 0.3) is 0 Å².